The summed E-state index contributed by atoms with van der Waals surface area (Å²) >= 11 is 10.4. The second-order valence-corrected chi connectivity index (χ2v) is 7.69. The van der Waals surface area contributed by atoms with E-state index in [1.165, 1.54) is 0 Å². The van der Waals surface area contributed by atoms with Crippen molar-refractivity contribution in [2.45, 2.75) is 38.1 Å². The number of amides is 1. The number of nitrogens with one attached hydrogen (secondary N) is 2. The Morgan fingerprint density at radius 3 is 2.50 bits per heavy atom. The third kappa shape index (κ3) is 3.46. The Balaban J connectivity index is 2.23. The van der Waals surface area contributed by atoms with Crippen LogP contribution in [-0.2, 0) is 4.79 Å². The molecule has 0 aromatic heterocycles. The van der Waals surface area contributed by atoms with Crippen LogP contribution in [0.4, 0.5) is 5.69 Å². The summed E-state index contributed by atoms with van der Waals surface area (Å²) in [6.45, 7) is 3.02. The molecule has 1 fully saturated rings. The van der Waals surface area contributed by atoms with Crippen molar-refractivity contribution < 1.29 is 4.79 Å². The average Bonchev–Trinajstić information content (AvgIpc) is 2.83. The molecule has 0 saturated carbocycles. The van der Waals surface area contributed by atoms with E-state index >= 15 is 0 Å². The molecule has 1 aromatic carbocycles. The number of hydrogen-bond donors (Lipinski definition) is 2. The quantitative estimate of drug-likeness (QED) is 0.664. The number of carbonyl (C=O) groups is 1. The van der Waals surface area contributed by atoms with Crippen LogP contribution in [-0.4, -0.2) is 18.0 Å². The van der Waals surface area contributed by atoms with Gasteiger partial charge in [0.2, 0.25) is 5.91 Å². The first kappa shape index (κ1) is 16.5. The molecule has 0 radical (unpaired) electrons. The highest BCUT2D eigenvalue weighted by molar-refractivity contribution is 9.11. The lowest BCUT2D eigenvalue weighted by Crippen LogP contribution is -2.50. The molecule has 1 aromatic rings. The molecule has 0 spiro atoms. The van der Waals surface area contributed by atoms with Crippen LogP contribution in [0.25, 0.3) is 0 Å². The van der Waals surface area contributed by atoms with Crippen LogP contribution in [0.1, 0.15) is 32.6 Å². The summed E-state index contributed by atoms with van der Waals surface area (Å²) in [6.07, 6.45) is 3.81. The minimum atomic E-state index is -0.416. The fourth-order valence-corrected chi connectivity index (χ4v) is 5.11. The third-order valence-corrected chi connectivity index (χ3v) is 5.31. The van der Waals surface area contributed by atoms with Gasteiger partial charge in [0.25, 0.3) is 0 Å². The van der Waals surface area contributed by atoms with Crippen LogP contribution in [0.5, 0.6) is 0 Å². The summed E-state index contributed by atoms with van der Waals surface area (Å²) in [4.78, 5) is 12.7. The highest BCUT2D eigenvalue weighted by Crippen LogP contribution is 2.36. The molecule has 1 atom stereocenters. The largest absolute Gasteiger partial charge is 0.323 e. The summed E-state index contributed by atoms with van der Waals surface area (Å²) in [5, 5.41) is 6.45. The summed E-state index contributed by atoms with van der Waals surface area (Å²) in [5.41, 5.74) is 0.364. The van der Waals surface area contributed by atoms with Gasteiger partial charge in [0.15, 0.2) is 0 Å². The molecule has 1 unspecified atom stereocenters. The molecule has 1 aliphatic rings. The molecule has 2 N–H and O–H groups in total. The van der Waals surface area contributed by atoms with Gasteiger partial charge in [-0.25, -0.2) is 0 Å². The van der Waals surface area contributed by atoms with E-state index in [0.717, 1.165) is 51.3 Å². The van der Waals surface area contributed by atoms with Crippen LogP contribution in [0, 0.1) is 0 Å². The molecule has 6 heteroatoms. The number of hydrogen-bond acceptors (Lipinski definition) is 2. The van der Waals surface area contributed by atoms with Gasteiger partial charge in [0, 0.05) is 13.4 Å². The summed E-state index contributed by atoms with van der Waals surface area (Å²) in [7, 11) is 0. The summed E-state index contributed by atoms with van der Waals surface area (Å²) in [6, 6.07) is 3.85. The summed E-state index contributed by atoms with van der Waals surface area (Å²) < 4.78 is 2.67. The SMILES string of the molecule is CCCC1(C(=O)Nc2c(Br)cc(Br)cc2Br)CCCN1. The number of carbonyl (C=O) groups excluding carboxylic acids is 1. The standard InChI is InChI=1S/C14H17Br3N2O/c1-2-4-14(5-3-6-18-14)13(20)19-12-10(16)7-9(15)8-11(12)17/h7-8,18H,2-6H2,1H3,(H,19,20). The molecule has 0 aliphatic carbocycles. The van der Waals surface area contributed by atoms with Gasteiger partial charge >= 0.3 is 0 Å². The third-order valence-electron chi connectivity index (χ3n) is 3.60. The van der Waals surface area contributed by atoms with Crippen molar-refractivity contribution in [2.24, 2.45) is 0 Å². The van der Waals surface area contributed by atoms with E-state index in [2.05, 4.69) is 65.3 Å². The van der Waals surface area contributed by atoms with Gasteiger partial charge in [-0.15, -0.1) is 0 Å². The Morgan fingerprint density at radius 1 is 1.35 bits per heavy atom. The lowest BCUT2D eigenvalue weighted by Gasteiger charge is -2.28. The second kappa shape index (κ2) is 6.90. The molecule has 110 valence electrons. The van der Waals surface area contributed by atoms with E-state index in [4.69, 9.17) is 0 Å². The maximum Gasteiger partial charge on any atom is 0.244 e. The number of halogens is 3. The average molecular weight is 469 g/mol. The maximum atomic E-state index is 12.7. The van der Waals surface area contributed by atoms with E-state index in [-0.39, 0.29) is 5.91 Å². The van der Waals surface area contributed by atoms with E-state index in [1.54, 1.807) is 0 Å². The van der Waals surface area contributed by atoms with E-state index < -0.39 is 5.54 Å². The fraction of sp³-hybridized carbons (Fsp3) is 0.500. The van der Waals surface area contributed by atoms with Crippen molar-refractivity contribution >= 4 is 59.4 Å². The first-order valence-electron chi connectivity index (χ1n) is 6.69. The molecule has 2 rings (SSSR count). The Bertz CT molecular complexity index is 490. The Morgan fingerprint density at radius 2 is 2.00 bits per heavy atom. The van der Waals surface area contributed by atoms with Crippen molar-refractivity contribution in [1.29, 1.82) is 0 Å². The van der Waals surface area contributed by atoms with Gasteiger partial charge in [-0.05, 0) is 69.8 Å². The molecule has 1 aliphatic heterocycles. The van der Waals surface area contributed by atoms with Crippen LogP contribution < -0.4 is 10.6 Å². The first-order chi connectivity index (χ1) is 9.48. The molecule has 1 saturated heterocycles. The molecule has 3 nitrogen and oxygen atoms in total. The predicted molar refractivity (Wildman–Crippen MR) is 93.0 cm³/mol. The molecule has 1 amide bonds. The zero-order valence-corrected chi connectivity index (χ0v) is 16.0. The first-order valence-corrected chi connectivity index (χ1v) is 9.07. The van der Waals surface area contributed by atoms with E-state index in [0.29, 0.717) is 0 Å². The van der Waals surface area contributed by atoms with Crippen molar-refractivity contribution in [2.75, 3.05) is 11.9 Å². The van der Waals surface area contributed by atoms with Gasteiger partial charge in [0.1, 0.15) is 0 Å². The smallest absolute Gasteiger partial charge is 0.244 e. The highest BCUT2D eigenvalue weighted by Gasteiger charge is 2.40. The zero-order valence-electron chi connectivity index (χ0n) is 11.2. The number of anilines is 1. The van der Waals surface area contributed by atoms with Gasteiger partial charge in [-0.3, -0.25) is 4.79 Å². The van der Waals surface area contributed by atoms with Gasteiger partial charge in [-0.2, -0.15) is 0 Å². The van der Waals surface area contributed by atoms with Crippen molar-refractivity contribution in [3.05, 3.63) is 25.6 Å². The zero-order chi connectivity index (χ0) is 14.8. The van der Waals surface area contributed by atoms with Crippen molar-refractivity contribution in [3.8, 4) is 0 Å². The predicted octanol–water partition coefficient (Wildman–Crippen LogP) is 4.83. The van der Waals surface area contributed by atoms with Gasteiger partial charge < -0.3 is 10.6 Å². The Hall–Kier alpha value is 0.0900. The van der Waals surface area contributed by atoms with Crippen LogP contribution in [0.3, 0.4) is 0 Å². The van der Waals surface area contributed by atoms with Gasteiger partial charge in [0.05, 0.1) is 11.2 Å². The van der Waals surface area contributed by atoms with E-state index in [9.17, 15) is 4.79 Å². The van der Waals surface area contributed by atoms with Crippen molar-refractivity contribution in [1.82, 2.24) is 5.32 Å². The Labute approximate surface area is 144 Å². The van der Waals surface area contributed by atoms with Gasteiger partial charge in [-0.1, -0.05) is 29.3 Å². The minimum absolute atomic E-state index is 0.0561. The van der Waals surface area contributed by atoms with Crippen LogP contribution >= 0.6 is 47.8 Å². The molecule has 20 heavy (non-hydrogen) atoms. The normalized spacial score (nSPS) is 22.0. The number of benzene rings is 1. The highest BCUT2D eigenvalue weighted by atomic mass is 79.9. The molecule has 1 heterocycles. The Kier molecular flexibility index (Phi) is 5.68. The lowest BCUT2D eigenvalue weighted by molar-refractivity contribution is -0.122. The van der Waals surface area contributed by atoms with E-state index in [1.807, 2.05) is 12.1 Å². The van der Waals surface area contributed by atoms with Crippen LogP contribution in [0.2, 0.25) is 0 Å². The van der Waals surface area contributed by atoms with Crippen molar-refractivity contribution in [3.63, 3.8) is 0 Å². The monoisotopic (exact) mass is 466 g/mol. The lowest BCUT2D eigenvalue weighted by atomic mass is 9.91. The topological polar surface area (TPSA) is 41.1 Å². The minimum Gasteiger partial charge on any atom is -0.323 e. The fourth-order valence-electron chi connectivity index (χ4n) is 2.65. The molecular formula is C14H17Br3N2O. The van der Waals surface area contributed by atoms with Crippen LogP contribution in [0.15, 0.2) is 25.6 Å². The molecular weight excluding hydrogens is 452 g/mol. The second-order valence-electron chi connectivity index (χ2n) is 5.06. The summed E-state index contributed by atoms with van der Waals surface area (Å²) in [5.74, 6) is 0.0561. The molecule has 0 bridgehead atoms. The number of rotatable bonds is 4. The maximum absolute atomic E-state index is 12.7.